The van der Waals surface area contributed by atoms with Crippen LogP contribution < -0.4 is 27.1 Å². The van der Waals surface area contributed by atoms with Gasteiger partial charge in [0.2, 0.25) is 0 Å². The minimum Gasteiger partial charge on any atom is -0.491 e. The first kappa shape index (κ1) is 23.5. The Kier molecular flexibility index (Phi) is 8.97. The lowest BCUT2D eigenvalue weighted by atomic mass is 10.0. The molecule has 0 aliphatic carbocycles. The van der Waals surface area contributed by atoms with Gasteiger partial charge in [0.05, 0.1) is 17.5 Å². The molecule has 1 fully saturated rings. The second-order valence-electron chi connectivity index (χ2n) is 7.39. The first-order valence-corrected chi connectivity index (χ1v) is 10.2. The van der Waals surface area contributed by atoms with Gasteiger partial charge in [-0.25, -0.2) is 0 Å². The third-order valence-corrected chi connectivity index (χ3v) is 4.94. The van der Waals surface area contributed by atoms with E-state index in [1.54, 1.807) is 6.20 Å². The van der Waals surface area contributed by atoms with E-state index in [0.717, 1.165) is 67.4 Å². The van der Waals surface area contributed by atoms with Crippen LogP contribution in [0.15, 0.2) is 30.5 Å². The topological polar surface area (TPSA) is 143 Å². The van der Waals surface area contributed by atoms with E-state index in [0.29, 0.717) is 0 Å². The molecule has 2 heterocycles. The van der Waals surface area contributed by atoms with Crippen LogP contribution in [0.3, 0.4) is 0 Å². The summed E-state index contributed by atoms with van der Waals surface area (Å²) in [5, 5.41) is 16.2. The summed E-state index contributed by atoms with van der Waals surface area (Å²) < 4.78 is 6.04. The summed E-state index contributed by atoms with van der Waals surface area (Å²) in [4.78, 5) is 4.68. The Labute approximate surface area is 180 Å². The molecule has 166 valence electrons. The predicted octanol–water partition coefficient (Wildman–Crippen LogP) is 1.50. The van der Waals surface area contributed by atoms with E-state index in [1.807, 2.05) is 32.0 Å². The molecule has 2 aromatic rings. The predicted molar refractivity (Wildman–Crippen MR) is 123 cm³/mol. The number of nitrogens with zero attached hydrogens (tertiary/aromatic N) is 4. The number of nitrogens with two attached hydrogens (primary N) is 3. The molecule has 0 radical (unpaired) electrons. The Morgan fingerprint density at radius 1 is 1.23 bits per heavy atom. The Morgan fingerprint density at radius 2 is 1.93 bits per heavy atom. The van der Waals surface area contributed by atoms with Gasteiger partial charge in [-0.2, -0.15) is 10.2 Å². The van der Waals surface area contributed by atoms with Crippen molar-refractivity contribution in [2.45, 2.75) is 39.8 Å². The van der Waals surface area contributed by atoms with Gasteiger partial charge in [0.15, 0.2) is 0 Å². The fourth-order valence-electron chi connectivity index (χ4n) is 3.52. The van der Waals surface area contributed by atoms with E-state index < -0.39 is 0 Å². The van der Waals surface area contributed by atoms with Crippen LogP contribution in [0.25, 0.3) is 0 Å². The van der Waals surface area contributed by atoms with Gasteiger partial charge >= 0.3 is 0 Å². The van der Waals surface area contributed by atoms with Crippen molar-refractivity contribution in [3.8, 4) is 5.75 Å². The molecule has 3 rings (SSSR count). The highest BCUT2D eigenvalue weighted by molar-refractivity contribution is 6.01. The fraction of sp³-hybridized carbons (Fsp3) is 0.476. The smallest absolute Gasteiger partial charge is 0.124 e. The summed E-state index contributed by atoms with van der Waals surface area (Å²) in [6.45, 7) is 10.5. The molecule has 0 amide bonds. The molecule has 0 bridgehead atoms. The Balaban J connectivity index is 0.00000156. The summed E-state index contributed by atoms with van der Waals surface area (Å²) in [5.74, 6) is 8.99. The number of ether oxygens (including phenoxy) is 1. The Hall–Kier alpha value is -2.75. The number of hydrogen-bond acceptors (Lipinski definition) is 8. The Morgan fingerprint density at radius 3 is 2.47 bits per heavy atom. The molecule has 0 unspecified atom stereocenters. The van der Waals surface area contributed by atoms with Gasteiger partial charge in [-0.1, -0.05) is 6.92 Å². The molecule has 1 saturated heterocycles. The minimum atomic E-state index is 0. The molecule has 7 N–H and O–H groups in total. The van der Waals surface area contributed by atoms with E-state index >= 15 is 0 Å². The SMILES string of the molecule is CCc1cc(C(=N)N)c(N2CCN(Cc3cccnn3)CC2)cc1OC(C)C.NN.[HH]. The highest BCUT2D eigenvalue weighted by Crippen LogP contribution is 2.32. The van der Waals surface area contributed by atoms with Gasteiger partial charge in [-0.15, -0.1) is 0 Å². The number of anilines is 1. The Bertz CT molecular complexity index is 811. The van der Waals surface area contributed by atoms with E-state index in [4.69, 9.17) is 15.9 Å². The summed E-state index contributed by atoms with van der Waals surface area (Å²) in [7, 11) is 0. The quantitative estimate of drug-likeness (QED) is 0.230. The van der Waals surface area contributed by atoms with Gasteiger partial charge < -0.3 is 15.4 Å². The van der Waals surface area contributed by atoms with Crippen LogP contribution in [0.5, 0.6) is 5.75 Å². The third kappa shape index (κ3) is 6.12. The molecule has 1 aromatic carbocycles. The van der Waals surface area contributed by atoms with Crippen LogP contribution in [0.2, 0.25) is 0 Å². The molecular formula is C21H36N8O. The number of benzene rings is 1. The molecule has 9 heteroatoms. The standard InChI is InChI=1S/C21H30N6O.H4N2.H2/c1-4-16-12-18(21(22)23)19(13-20(16)28-15(2)3)27-10-8-26(9-11-27)14-17-6-5-7-24-25-17;1-2;/h5-7,12-13,15H,4,8-11,14H2,1-3H3,(H3,22,23);1-2H2;1H. The van der Waals surface area contributed by atoms with Crippen LogP contribution in [-0.4, -0.2) is 53.2 Å². The van der Waals surface area contributed by atoms with Crippen molar-refractivity contribution in [1.82, 2.24) is 15.1 Å². The van der Waals surface area contributed by atoms with Crippen molar-refractivity contribution in [1.29, 1.82) is 5.41 Å². The largest absolute Gasteiger partial charge is 0.491 e. The maximum absolute atomic E-state index is 8.05. The zero-order chi connectivity index (χ0) is 22.1. The number of aryl methyl sites for hydroxylation is 1. The first-order chi connectivity index (χ1) is 14.5. The van der Waals surface area contributed by atoms with Crippen LogP contribution in [0, 0.1) is 5.41 Å². The lowest BCUT2D eigenvalue weighted by Crippen LogP contribution is -2.46. The molecule has 30 heavy (non-hydrogen) atoms. The number of piperazine rings is 1. The van der Waals surface area contributed by atoms with Gasteiger partial charge in [-0.3, -0.25) is 22.0 Å². The van der Waals surface area contributed by atoms with Crippen LogP contribution >= 0.6 is 0 Å². The number of nitrogens with one attached hydrogen (secondary N) is 1. The van der Waals surface area contributed by atoms with Crippen molar-refractivity contribution in [3.05, 3.63) is 47.3 Å². The van der Waals surface area contributed by atoms with Crippen molar-refractivity contribution >= 4 is 11.5 Å². The summed E-state index contributed by atoms with van der Waals surface area (Å²) in [5.41, 5.74) is 9.76. The number of aromatic nitrogens is 2. The van der Waals surface area contributed by atoms with Gasteiger partial charge in [0, 0.05) is 52.0 Å². The van der Waals surface area contributed by atoms with Crippen LogP contribution in [0.1, 0.15) is 39.0 Å². The summed E-state index contributed by atoms with van der Waals surface area (Å²) in [6.07, 6.45) is 2.64. The third-order valence-electron chi connectivity index (χ3n) is 4.94. The average molecular weight is 417 g/mol. The highest BCUT2D eigenvalue weighted by Gasteiger charge is 2.22. The van der Waals surface area contributed by atoms with E-state index in [2.05, 4.69) is 44.7 Å². The molecule has 9 nitrogen and oxygen atoms in total. The normalized spacial score (nSPS) is 14.3. The second-order valence-corrected chi connectivity index (χ2v) is 7.39. The summed E-state index contributed by atoms with van der Waals surface area (Å²) >= 11 is 0. The van der Waals surface area contributed by atoms with Crippen LogP contribution in [-0.2, 0) is 13.0 Å². The van der Waals surface area contributed by atoms with Crippen molar-refractivity contribution in [3.63, 3.8) is 0 Å². The van der Waals surface area contributed by atoms with Crippen molar-refractivity contribution < 1.29 is 6.16 Å². The van der Waals surface area contributed by atoms with Gasteiger partial charge in [-0.05, 0) is 44.0 Å². The molecule has 0 spiro atoms. The average Bonchev–Trinajstić information content (AvgIpc) is 2.75. The summed E-state index contributed by atoms with van der Waals surface area (Å²) in [6, 6.07) is 8.00. The molecule has 1 aliphatic rings. The lowest BCUT2D eigenvalue weighted by molar-refractivity contribution is 0.239. The second kappa shape index (κ2) is 11.4. The number of hydrazine groups is 1. The van der Waals surface area contributed by atoms with E-state index in [9.17, 15) is 0 Å². The molecule has 1 aromatic heterocycles. The van der Waals surface area contributed by atoms with Gasteiger partial charge in [0.25, 0.3) is 0 Å². The molecular weight excluding hydrogens is 380 g/mol. The van der Waals surface area contributed by atoms with Gasteiger partial charge in [0.1, 0.15) is 11.6 Å². The monoisotopic (exact) mass is 416 g/mol. The maximum atomic E-state index is 8.05. The fourth-order valence-corrected chi connectivity index (χ4v) is 3.52. The highest BCUT2D eigenvalue weighted by atomic mass is 16.5. The maximum Gasteiger partial charge on any atom is 0.124 e. The zero-order valence-electron chi connectivity index (χ0n) is 18.1. The first-order valence-electron chi connectivity index (χ1n) is 10.2. The number of amidine groups is 1. The van der Waals surface area contributed by atoms with Crippen molar-refractivity contribution in [2.24, 2.45) is 17.4 Å². The molecule has 0 saturated carbocycles. The number of nitrogen functional groups attached to an aromatic ring is 1. The zero-order valence-corrected chi connectivity index (χ0v) is 18.1. The number of hydrogen-bond donors (Lipinski definition) is 4. The van der Waals surface area contributed by atoms with Crippen molar-refractivity contribution in [2.75, 3.05) is 31.1 Å². The van der Waals surface area contributed by atoms with E-state index in [1.165, 1.54) is 0 Å². The lowest BCUT2D eigenvalue weighted by Gasteiger charge is -2.37. The van der Waals surface area contributed by atoms with Crippen LogP contribution in [0.4, 0.5) is 5.69 Å². The molecule has 0 atom stereocenters. The molecule has 1 aliphatic heterocycles. The number of rotatable bonds is 7. The minimum absolute atomic E-state index is 0. The van der Waals surface area contributed by atoms with E-state index in [-0.39, 0.29) is 13.4 Å².